The molecule has 0 radical (unpaired) electrons. The topological polar surface area (TPSA) is 88.7 Å². The van der Waals surface area contributed by atoms with Gasteiger partial charge in [0.1, 0.15) is 6.04 Å². The molecule has 8 heteroatoms. The Kier molecular flexibility index (Phi) is 7.84. The maximum absolute atomic E-state index is 12.3. The van der Waals surface area contributed by atoms with Gasteiger partial charge in [0.15, 0.2) is 0 Å². The smallest absolute Gasteiger partial charge is 0.251 e. The summed E-state index contributed by atoms with van der Waals surface area (Å²) in [5, 5.41) is 9.03. The van der Waals surface area contributed by atoms with Gasteiger partial charge >= 0.3 is 0 Å². The van der Waals surface area contributed by atoms with E-state index in [2.05, 4.69) is 16.0 Å². The molecule has 2 heterocycles. The highest BCUT2D eigenvalue weighted by molar-refractivity contribution is 5.97. The zero-order valence-electron chi connectivity index (χ0n) is 14.8. The van der Waals surface area contributed by atoms with Gasteiger partial charge in [-0.3, -0.25) is 9.59 Å². The molecule has 2 aliphatic heterocycles. The van der Waals surface area contributed by atoms with Crippen molar-refractivity contribution >= 4 is 29.9 Å². The van der Waals surface area contributed by atoms with Crippen molar-refractivity contribution in [1.82, 2.24) is 10.6 Å². The molecule has 0 bridgehead atoms. The molecule has 0 aromatic heterocycles. The number of benzene rings is 1. The van der Waals surface area contributed by atoms with Gasteiger partial charge < -0.3 is 25.4 Å². The number of carbonyl (C=O) groups is 2. The first kappa shape index (κ1) is 20.6. The number of hydrogen-bond donors (Lipinski definition) is 3. The van der Waals surface area contributed by atoms with Crippen LogP contribution in [-0.4, -0.2) is 56.4 Å². The Morgan fingerprint density at radius 1 is 1.12 bits per heavy atom. The van der Waals surface area contributed by atoms with E-state index in [0.29, 0.717) is 37.6 Å². The van der Waals surface area contributed by atoms with E-state index in [1.807, 2.05) is 6.92 Å². The second-order valence-corrected chi connectivity index (χ2v) is 6.43. The molecule has 0 aliphatic carbocycles. The van der Waals surface area contributed by atoms with Crippen molar-refractivity contribution in [2.24, 2.45) is 0 Å². The van der Waals surface area contributed by atoms with Crippen molar-refractivity contribution in [3.05, 3.63) is 29.8 Å². The van der Waals surface area contributed by atoms with Crippen LogP contribution in [0.4, 0.5) is 5.69 Å². The van der Waals surface area contributed by atoms with E-state index in [-0.39, 0.29) is 42.4 Å². The van der Waals surface area contributed by atoms with Crippen LogP contribution in [0.3, 0.4) is 0 Å². The number of rotatable bonds is 4. The first-order valence-corrected chi connectivity index (χ1v) is 8.78. The van der Waals surface area contributed by atoms with E-state index in [9.17, 15) is 9.59 Å². The van der Waals surface area contributed by atoms with E-state index in [4.69, 9.17) is 9.47 Å². The van der Waals surface area contributed by atoms with Gasteiger partial charge in [-0.15, -0.1) is 12.4 Å². The van der Waals surface area contributed by atoms with E-state index in [1.165, 1.54) is 0 Å². The van der Waals surface area contributed by atoms with E-state index in [0.717, 1.165) is 12.8 Å². The molecule has 144 valence electrons. The summed E-state index contributed by atoms with van der Waals surface area (Å²) in [6.07, 6.45) is 1.52. The fourth-order valence-electron chi connectivity index (χ4n) is 3.06. The highest BCUT2D eigenvalue weighted by Gasteiger charge is 2.28. The van der Waals surface area contributed by atoms with Crippen molar-refractivity contribution in [3.8, 4) is 0 Å². The third-order valence-corrected chi connectivity index (χ3v) is 4.57. The van der Waals surface area contributed by atoms with Crippen molar-refractivity contribution in [2.75, 3.05) is 31.7 Å². The normalized spacial score (nSPS) is 23.6. The fraction of sp³-hybridized carbons (Fsp3) is 0.556. The summed E-state index contributed by atoms with van der Waals surface area (Å²) >= 11 is 0. The number of morpholine rings is 1. The van der Waals surface area contributed by atoms with Crippen molar-refractivity contribution in [2.45, 2.75) is 38.0 Å². The fourth-order valence-corrected chi connectivity index (χ4v) is 3.06. The number of nitrogens with one attached hydrogen (secondary N) is 3. The van der Waals surface area contributed by atoms with Crippen LogP contribution in [-0.2, 0) is 14.3 Å². The summed E-state index contributed by atoms with van der Waals surface area (Å²) in [5.74, 6) is -0.229. The molecule has 3 rings (SSSR count). The van der Waals surface area contributed by atoms with Gasteiger partial charge in [-0.2, -0.15) is 0 Å². The largest absolute Gasteiger partial charge is 0.381 e. The Bertz CT molecular complexity index is 605. The second kappa shape index (κ2) is 9.87. The summed E-state index contributed by atoms with van der Waals surface area (Å²) in [6, 6.07) is 6.72. The van der Waals surface area contributed by atoms with Crippen LogP contribution >= 0.6 is 12.4 Å². The maximum Gasteiger partial charge on any atom is 0.251 e. The average Bonchev–Trinajstić information content (AvgIpc) is 2.63. The van der Waals surface area contributed by atoms with Gasteiger partial charge in [0.05, 0.1) is 12.7 Å². The van der Waals surface area contributed by atoms with Gasteiger partial charge in [0, 0.05) is 37.1 Å². The van der Waals surface area contributed by atoms with Crippen LogP contribution in [0.2, 0.25) is 0 Å². The Balaban J connectivity index is 0.00000243. The lowest BCUT2D eigenvalue weighted by Crippen LogP contribution is -2.53. The Labute approximate surface area is 159 Å². The molecule has 3 N–H and O–H groups in total. The van der Waals surface area contributed by atoms with Crippen molar-refractivity contribution in [3.63, 3.8) is 0 Å². The number of halogens is 1. The molecule has 2 saturated heterocycles. The van der Waals surface area contributed by atoms with Crippen LogP contribution in [0.5, 0.6) is 0 Å². The number of anilines is 1. The first-order valence-electron chi connectivity index (χ1n) is 8.78. The standard InChI is InChI=1S/C18H25N3O4.ClH/c1-12-16(19-8-11-25-12)18(23)21-14-4-2-13(3-5-14)17(22)20-15-6-9-24-10-7-15;/h2-5,12,15-16,19H,6-11H2,1H3,(H,20,22)(H,21,23);1H/t12-,16+;/m1./s1. The molecule has 2 amide bonds. The van der Waals surface area contributed by atoms with E-state index in [1.54, 1.807) is 24.3 Å². The number of amides is 2. The molecule has 2 atom stereocenters. The minimum Gasteiger partial charge on any atom is -0.381 e. The summed E-state index contributed by atoms with van der Waals surface area (Å²) < 4.78 is 10.8. The average molecular weight is 384 g/mol. The molecule has 2 aliphatic rings. The molecule has 0 spiro atoms. The van der Waals surface area contributed by atoms with Gasteiger partial charge in [-0.25, -0.2) is 0 Å². The lowest BCUT2D eigenvalue weighted by Gasteiger charge is -2.29. The summed E-state index contributed by atoms with van der Waals surface area (Å²) in [7, 11) is 0. The number of hydrogen-bond acceptors (Lipinski definition) is 5. The van der Waals surface area contributed by atoms with Gasteiger partial charge in [0.2, 0.25) is 5.91 Å². The van der Waals surface area contributed by atoms with Gasteiger partial charge in [-0.1, -0.05) is 0 Å². The monoisotopic (exact) mass is 383 g/mol. The Hall–Kier alpha value is -1.67. The van der Waals surface area contributed by atoms with E-state index < -0.39 is 0 Å². The Morgan fingerprint density at radius 2 is 1.81 bits per heavy atom. The van der Waals surface area contributed by atoms with Crippen LogP contribution < -0.4 is 16.0 Å². The van der Waals surface area contributed by atoms with Crippen LogP contribution in [0.15, 0.2) is 24.3 Å². The molecule has 1 aromatic rings. The highest BCUT2D eigenvalue weighted by atomic mass is 35.5. The van der Waals surface area contributed by atoms with Crippen LogP contribution in [0, 0.1) is 0 Å². The molecule has 0 saturated carbocycles. The quantitative estimate of drug-likeness (QED) is 0.730. The molecular weight excluding hydrogens is 358 g/mol. The number of ether oxygens (including phenoxy) is 2. The van der Waals surface area contributed by atoms with Crippen molar-refractivity contribution < 1.29 is 19.1 Å². The summed E-state index contributed by atoms with van der Waals surface area (Å²) in [6.45, 7) is 4.52. The summed E-state index contributed by atoms with van der Waals surface area (Å²) in [5.41, 5.74) is 1.24. The predicted molar refractivity (Wildman–Crippen MR) is 101 cm³/mol. The molecule has 1 aromatic carbocycles. The minimum atomic E-state index is -0.370. The zero-order valence-corrected chi connectivity index (χ0v) is 15.6. The first-order chi connectivity index (χ1) is 12.1. The van der Waals surface area contributed by atoms with Crippen LogP contribution in [0.25, 0.3) is 0 Å². The molecule has 2 fully saturated rings. The maximum atomic E-state index is 12.3. The SMILES string of the molecule is C[C@H]1OCCN[C@@H]1C(=O)Nc1ccc(C(=O)NC2CCOCC2)cc1.Cl. The molecular formula is C18H26ClN3O4. The third-order valence-electron chi connectivity index (χ3n) is 4.57. The second-order valence-electron chi connectivity index (χ2n) is 6.43. The molecule has 0 unspecified atom stereocenters. The molecule has 26 heavy (non-hydrogen) atoms. The van der Waals surface area contributed by atoms with Crippen LogP contribution in [0.1, 0.15) is 30.1 Å². The predicted octanol–water partition coefficient (Wildman–Crippen LogP) is 1.33. The van der Waals surface area contributed by atoms with Gasteiger partial charge in [-0.05, 0) is 44.0 Å². The lowest BCUT2D eigenvalue weighted by atomic mass is 10.1. The lowest BCUT2D eigenvalue weighted by molar-refractivity contribution is -0.123. The highest BCUT2D eigenvalue weighted by Crippen LogP contribution is 2.13. The van der Waals surface area contributed by atoms with E-state index >= 15 is 0 Å². The zero-order chi connectivity index (χ0) is 17.6. The minimum absolute atomic E-state index is 0. The third kappa shape index (κ3) is 5.41. The molecule has 7 nitrogen and oxygen atoms in total. The summed E-state index contributed by atoms with van der Waals surface area (Å²) in [4.78, 5) is 24.6. The van der Waals surface area contributed by atoms with Gasteiger partial charge in [0.25, 0.3) is 5.91 Å². The van der Waals surface area contributed by atoms with Crippen molar-refractivity contribution in [1.29, 1.82) is 0 Å². The number of carbonyl (C=O) groups excluding carboxylic acids is 2. The Morgan fingerprint density at radius 3 is 2.46 bits per heavy atom.